The van der Waals surface area contributed by atoms with Crippen LogP contribution in [0.25, 0.3) is 5.65 Å². The maximum atomic E-state index is 13.6. The number of alkyl halides is 5. The summed E-state index contributed by atoms with van der Waals surface area (Å²) in [5.41, 5.74) is 5.88. The lowest BCUT2D eigenvalue weighted by molar-refractivity contribution is -0.443. The van der Waals surface area contributed by atoms with Crippen molar-refractivity contribution in [1.82, 2.24) is 24.8 Å². The minimum atomic E-state index is -5.19. The van der Waals surface area contributed by atoms with E-state index in [2.05, 4.69) is 22.2 Å². The number of carbonyl (C=O) groups excluding carboxylic acids is 2. The summed E-state index contributed by atoms with van der Waals surface area (Å²) in [5, 5.41) is 25.8. The molecule has 2 aliphatic carbocycles. The van der Waals surface area contributed by atoms with Crippen LogP contribution in [0.4, 0.5) is 26.7 Å². The molecular weight excluding hydrogens is 557 g/mol. The molecule has 1 saturated heterocycles. The van der Waals surface area contributed by atoms with Crippen molar-refractivity contribution in [3.63, 3.8) is 0 Å². The molecule has 0 spiro atoms. The van der Waals surface area contributed by atoms with Crippen LogP contribution in [0.15, 0.2) is 18.5 Å². The van der Waals surface area contributed by atoms with Crippen LogP contribution in [0.3, 0.4) is 0 Å². The number of imidazole rings is 1. The largest absolute Gasteiger partial charge is 0.542 e. The van der Waals surface area contributed by atoms with Crippen molar-refractivity contribution < 1.29 is 47.1 Å². The normalized spacial score (nSPS) is 23.2. The fourth-order valence-corrected chi connectivity index (χ4v) is 5.31. The lowest BCUT2D eigenvalue weighted by Gasteiger charge is -2.29. The average Bonchev–Trinajstić information content (AvgIpc) is 3.44. The van der Waals surface area contributed by atoms with Crippen LogP contribution in [0.5, 0.6) is 0 Å². The number of hydrogen-bond donors (Lipinski definition) is 2. The summed E-state index contributed by atoms with van der Waals surface area (Å²) < 4.78 is 65.7. The molecule has 41 heavy (non-hydrogen) atoms. The summed E-state index contributed by atoms with van der Waals surface area (Å²) in [6.45, 7) is 0.706. The minimum Gasteiger partial charge on any atom is -0.542 e. The van der Waals surface area contributed by atoms with E-state index in [1.165, 1.54) is 0 Å². The number of carboxylic acids is 1. The van der Waals surface area contributed by atoms with Gasteiger partial charge in [0.05, 0.1) is 42.6 Å². The Kier molecular flexibility index (Phi) is 8.42. The summed E-state index contributed by atoms with van der Waals surface area (Å²) in [7, 11) is 1.58. The molecule has 4 N–H and O–H groups in total. The topological polar surface area (TPSA) is 163 Å². The molecule has 2 saturated carbocycles. The third kappa shape index (κ3) is 6.67. The predicted octanol–water partition coefficient (Wildman–Crippen LogP) is 1.52. The predicted molar refractivity (Wildman–Crippen MR) is 128 cm³/mol. The molecule has 1 aliphatic heterocycles. The fraction of sp³-hybridized carbons (Fsp3) is 0.640. The van der Waals surface area contributed by atoms with Crippen LogP contribution in [-0.2, 0) is 9.53 Å². The van der Waals surface area contributed by atoms with Crippen LogP contribution >= 0.6 is 0 Å². The molecular formula is C25H30F5N7O4. The van der Waals surface area contributed by atoms with Crippen LogP contribution in [0, 0.1) is 22.7 Å². The van der Waals surface area contributed by atoms with E-state index >= 15 is 0 Å². The Morgan fingerprint density at radius 1 is 1.32 bits per heavy atom. The van der Waals surface area contributed by atoms with Gasteiger partial charge in [0.2, 0.25) is 5.92 Å². The minimum absolute atomic E-state index is 0.0605. The molecule has 3 fully saturated rings. The number of hydrogen-bond acceptors (Lipinski definition) is 7. The van der Waals surface area contributed by atoms with Gasteiger partial charge in [0.25, 0.3) is 0 Å². The number of rotatable bonds is 7. The Bertz CT molecular complexity index is 1310. The van der Waals surface area contributed by atoms with E-state index in [0.29, 0.717) is 25.0 Å². The van der Waals surface area contributed by atoms with E-state index in [4.69, 9.17) is 19.6 Å². The van der Waals surface area contributed by atoms with Crippen molar-refractivity contribution in [2.45, 2.75) is 68.7 Å². The third-order valence-corrected chi connectivity index (χ3v) is 8.00. The molecule has 0 bridgehead atoms. The Morgan fingerprint density at radius 3 is 2.49 bits per heavy atom. The van der Waals surface area contributed by atoms with Crippen LogP contribution in [0.1, 0.15) is 61.9 Å². The van der Waals surface area contributed by atoms with E-state index < -0.39 is 23.5 Å². The molecule has 3 atom stereocenters. The van der Waals surface area contributed by atoms with Crippen molar-refractivity contribution >= 4 is 17.6 Å². The Balaban J connectivity index is 0.000000493. The van der Waals surface area contributed by atoms with E-state index in [-0.39, 0.29) is 49.5 Å². The molecule has 0 unspecified atom stereocenters. The van der Waals surface area contributed by atoms with Gasteiger partial charge >= 0.3 is 12.2 Å². The van der Waals surface area contributed by atoms with E-state index in [1.54, 1.807) is 28.9 Å². The van der Waals surface area contributed by atoms with Gasteiger partial charge in [-0.1, -0.05) is 0 Å². The highest BCUT2D eigenvalue weighted by atomic mass is 19.4. The van der Waals surface area contributed by atoms with Gasteiger partial charge in [0, 0.05) is 38.0 Å². The van der Waals surface area contributed by atoms with E-state index in [9.17, 15) is 32.0 Å². The number of quaternary nitrogens is 1. The number of carboxylic acid groups (broad SMARTS) is 1. The molecule has 16 heteroatoms. The SMILES string of the molecule is COC[C@H](c1cnn2cc([C@@H]([NH3+])C3CCC(F)(F)CC3)nc2c1)N1C[C@@H](C2(C#N)CC2)NC1=O.O=C([O-])C(F)(F)F. The quantitative estimate of drug-likeness (QED) is 0.464. The number of fused-ring (bicyclic) bond motifs is 1. The molecule has 11 nitrogen and oxygen atoms in total. The van der Waals surface area contributed by atoms with Gasteiger partial charge in [0.1, 0.15) is 17.7 Å². The van der Waals surface area contributed by atoms with Gasteiger partial charge in [-0.15, -0.1) is 0 Å². The summed E-state index contributed by atoms with van der Waals surface area (Å²) in [6.07, 6.45) is 0.543. The molecule has 5 rings (SSSR count). The Labute approximate surface area is 231 Å². The van der Waals surface area contributed by atoms with Crippen molar-refractivity contribution in [2.75, 3.05) is 20.3 Å². The number of urea groups is 1. The molecule has 2 aromatic heterocycles. The number of amides is 2. The monoisotopic (exact) mass is 587 g/mol. The van der Waals surface area contributed by atoms with Gasteiger partial charge in [-0.2, -0.15) is 23.5 Å². The van der Waals surface area contributed by atoms with Crippen LogP contribution in [-0.4, -0.2) is 69.9 Å². The molecule has 2 amide bonds. The maximum Gasteiger partial charge on any atom is 0.430 e. The standard InChI is InChI=1S/C23H29F2N7O2.C2HF3O2/c1-34-12-17(31-11-18(30-21(31)33)22(13-26)6-7-22)15-8-19-29-16(10-32(19)28-9-15)20(27)14-2-4-23(24,25)5-3-14;3-2(4,5)1(6)7/h8-10,14,17-18,20H,2-7,11-12,27H2,1H3,(H,30,33);(H,6,7)/t17-,18+,20+;/m1./s1. The number of aromatic nitrogens is 3. The second-order valence-corrected chi connectivity index (χ2v) is 10.7. The molecule has 3 heterocycles. The smallest absolute Gasteiger partial charge is 0.430 e. The highest BCUT2D eigenvalue weighted by Gasteiger charge is 2.54. The van der Waals surface area contributed by atoms with Crippen molar-refractivity contribution in [2.24, 2.45) is 11.3 Å². The van der Waals surface area contributed by atoms with Gasteiger partial charge in [-0.3, -0.25) is 0 Å². The van der Waals surface area contributed by atoms with Gasteiger partial charge < -0.3 is 30.6 Å². The summed E-state index contributed by atoms with van der Waals surface area (Å²) >= 11 is 0. The molecule has 3 aliphatic rings. The second-order valence-electron chi connectivity index (χ2n) is 10.7. The zero-order valence-electron chi connectivity index (χ0n) is 22.2. The third-order valence-electron chi connectivity index (χ3n) is 8.00. The van der Waals surface area contributed by atoms with Crippen molar-refractivity contribution in [3.8, 4) is 6.07 Å². The first-order chi connectivity index (χ1) is 19.2. The molecule has 224 valence electrons. The first-order valence-electron chi connectivity index (χ1n) is 13.0. The summed E-state index contributed by atoms with van der Waals surface area (Å²) in [6, 6.07) is 3.26. The highest BCUT2D eigenvalue weighted by molar-refractivity contribution is 5.78. The lowest BCUT2D eigenvalue weighted by Crippen LogP contribution is -2.57. The first-order valence-corrected chi connectivity index (χ1v) is 13.0. The lowest BCUT2D eigenvalue weighted by atomic mass is 9.81. The Morgan fingerprint density at radius 2 is 1.95 bits per heavy atom. The number of ether oxygens (including phenoxy) is 1. The number of aliphatic carboxylic acids is 1. The van der Waals surface area contributed by atoms with Gasteiger partial charge in [-0.25, -0.2) is 23.1 Å². The zero-order chi connectivity index (χ0) is 30.2. The number of carbonyl (C=O) groups is 2. The van der Waals surface area contributed by atoms with E-state index in [1.807, 2.05) is 6.07 Å². The number of nitrogens with one attached hydrogen (secondary N) is 1. The number of methoxy groups -OCH3 is 1. The number of nitriles is 1. The van der Waals surface area contributed by atoms with Crippen molar-refractivity contribution in [1.29, 1.82) is 5.26 Å². The Hall–Kier alpha value is -3.58. The molecule has 0 radical (unpaired) electrons. The summed E-state index contributed by atoms with van der Waals surface area (Å²) in [4.78, 5) is 28.0. The summed E-state index contributed by atoms with van der Waals surface area (Å²) in [5.74, 6) is -5.52. The van der Waals surface area contributed by atoms with Crippen LogP contribution in [0.2, 0.25) is 0 Å². The number of nitrogens with zero attached hydrogens (tertiary/aromatic N) is 5. The zero-order valence-corrected chi connectivity index (χ0v) is 22.2. The van der Waals surface area contributed by atoms with Crippen LogP contribution < -0.4 is 16.2 Å². The van der Waals surface area contributed by atoms with Crippen molar-refractivity contribution in [3.05, 3.63) is 29.7 Å². The second kappa shape index (κ2) is 11.4. The van der Waals surface area contributed by atoms with E-state index in [0.717, 1.165) is 24.1 Å². The first kappa shape index (κ1) is 30.4. The number of halogens is 5. The average molecular weight is 588 g/mol. The van der Waals surface area contributed by atoms with Gasteiger partial charge in [0.15, 0.2) is 5.65 Å². The highest BCUT2D eigenvalue weighted by Crippen LogP contribution is 2.49. The maximum absolute atomic E-state index is 13.6. The fourth-order valence-electron chi connectivity index (χ4n) is 5.31. The molecule has 0 aromatic carbocycles. The van der Waals surface area contributed by atoms with Gasteiger partial charge in [-0.05, 0) is 31.7 Å². The molecule has 2 aromatic rings.